The van der Waals surface area contributed by atoms with Crippen LogP contribution in [0.15, 0.2) is 34.9 Å². The quantitative estimate of drug-likeness (QED) is 0.911. The van der Waals surface area contributed by atoms with Gasteiger partial charge < -0.3 is 11.1 Å². The zero-order chi connectivity index (χ0) is 13.0. The van der Waals surface area contributed by atoms with Crippen LogP contribution in [0.4, 0.5) is 5.69 Å². The van der Waals surface area contributed by atoms with E-state index < -0.39 is 0 Å². The molecule has 2 aromatic rings. The summed E-state index contributed by atoms with van der Waals surface area (Å²) in [7, 11) is 0. The molecular formula is C13H15BrN4. The van der Waals surface area contributed by atoms with Crippen molar-refractivity contribution in [2.45, 2.75) is 6.92 Å². The molecule has 0 aliphatic heterocycles. The molecule has 0 bridgehead atoms. The lowest BCUT2D eigenvalue weighted by Gasteiger charge is -2.09. The van der Waals surface area contributed by atoms with Crippen molar-refractivity contribution in [3.05, 3.63) is 40.6 Å². The van der Waals surface area contributed by atoms with Crippen LogP contribution in [-0.2, 0) is 0 Å². The average molecular weight is 307 g/mol. The molecule has 5 heteroatoms. The highest BCUT2D eigenvalue weighted by Gasteiger charge is 2.07. The fraction of sp³-hybridized carbons (Fsp3) is 0.231. The van der Waals surface area contributed by atoms with Crippen LogP contribution in [0.2, 0.25) is 0 Å². The molecule has 4 nitrogen and oxygen atoms in total. The van der Waals surface area contributed by atoms with Gasteiger partial charge in [-0.1, -0.05) is 34.1 Å². The van der Waals surface area contributed by atoms with Crippen molar-refractivity contribution in [3.8, 4) is 11.4 Å². The van der Waals surface area contributed by atoms with Crippen LogP contribution < -0.4 is 11.1 Å². The van der Waals surface area contributed by atoms with Gasteiger partial charge in [-0.2, -0.15) is 0 Å². The van der Waals surface area contributed by atoms with E-state index >= 15 is 0 Å². The molecule has 0 spiro atoms. The fourth-order valence-corrected chi connectivity index (χ4v) is 2.08. The van der Waals surface area contributed by atoms with Gasteiger partial charge in [-0.15, -0.1) is 0 Å². The number of nitrogens with one attached hydrogen (secondary N) is 1. The van der Waals surface area contributed by atoms with Gasteiger partial charge in [0.1, 0.15) is 0 Å². The van der Waals surface area contributed by atoms with E-state index in [9.17, 15) is 0 Å². The van der Waals surface area contributed by atoms with Crippen molar-refractivity contribution >= 4 is 21.6 Å². The third-order valence-electron chi connectivity index (χ3n) is 2.55. The molecule has 0 saturated heterocycles. The lowest BCUT2D eigenvalue weighted by atomic mass is 10.2. The highest BCUT2D eigenvalue weighted by atomic mass is 79.9. The summed E-state index contributed by atoms with van der Waals surface area (Å²) in [5.41, 5.74) is 8.30. The molecule has 0 aliphatic carbocycles. The van der Waals surface area contributed by atoms with Crippen LogP contribution >= 0.6 is 15.9 Å². The minimum absolute atomic E-state index is 0.589. The zero-order valence-electron chi connectivity index (χ0n) is 10.2. The molecule has 1 aromatic heterocycles. The molecule has 2 rings (SSSR count). The first-order valence-corrected chi connectivity index (χ1v) is 6.54. The van der Waals surface area contributed by atoms with E-state index in [1.54, 1.807) is 6.20 Å². The number of aromatic nitrogens is 2. The first-order valence-electron chi connectivity index (χ1n) is 5.75. The molecule has 3 N–H and O–H groups in total. The summed E-state index contributed by atoms with van der Waals surface area (Å²) >= 11 is 3.51. The summed E-state index contributed by atoms with van der Waals surface area (Å²) in [5.74, 6) is 0.721. The largest absolute Gasteiger partial charge is 0.381 e. The second-order valence-corrected chi connectivity index (χ2v) is 4.74. The van der Waals surface area contributed by atoms with Gasteiger partial charge >= 0.3 is 0 Å². The predicted molar refractivity (Wildman–Crippen MR) is 77.4 cm³/mol. The topological polar surface area (TPSA) is 63.8 Å². The summed E-state index contributed by atoms with van der Waals surface area (Å²) in [5, 5.41) is 3.19. The lowest BCUT2D eigenvalue weighted by Crippen LogP contribution is -2.14. The Hall–Kier alpha value is -1.46. The van der Waals surface area contributed by atoms with Crippen LogP contribution in [-0.4, -0.2) is 23.1 Å². The number of benzene rings is 1. The first kappa shape index (κ1) is 13.0. The molecule has 0 atom stereocenters. The van der Waals surface area contributed by atoms with Gasteiger partial charge in [-0.3, -0.25) is 0 Å². The normalized spacial score (nSPS) is 10.4. The van der Waals surface area contributed by atoms with E-state index in [-0.39, 0.29) is 0 Å². The number of rotatable bonds is 4. The Kier molecular flexibility index (Phi) is 4.28. The Morgan fingerprint density at radius 2 is 2.11 bits per heavy atom. The molecule has 0 fully saturated rings. The van der Waals surface area contributed by atoms with Crippen LogP contribution in [0.1, 0.15) is 5.69 Å². The van der Waals surface area contributed by atoms with E-state index in [0.29, 0.717) is 6.54 Å². The Labute approximate surface area is 115 Å². The van der Waals surface area contributed by atoms with Crippen LogP contribution in [0.3, 0.4) is 0 Å². The summed E-state index contributed by atoms with van der Waals surface area (Å²) in [6.45, 7) is 3.27. The predicted octanol–water partition coefficient (Wildman–Crippen LogP) is 2.59. The van der Waals surface area contributed by atoms with E-state index in [4.69, 9.17) is 5.73 Å². The van der Waals surface area contributed by atoms with Crippen molar-refractivity contribution < 1.29 is 0 Å². The van der Waals surface area contributed by atoms with Crippen LogP contribution in [0, 0.1) is 6.92 Å². The van der Waals surface area contributed by atoms with Gasteiger partial charge in [0, 0.05) is 23.1 Å². The minimum atomic E-state index is 0.589. The number of anilines is 1. The Morgan fingerprint density at radius 1 is 1.33 bits per heavy atom. The average Bonchev–Trinajstić information content (AvgIpc) is 2.38. The van der Waals surface area contributed by atoms with Gasteiger partial charge in [0.25, 0.3) is 0 Å². The smallest absolute Gasteiger partial charge is 0.160 e. The third kappa shape index (κ3) is 2.86. The maximum absolute atomic E-state index is 5.46. The molecular weight excluding hydrogens is 292 g/mol. The van der Waals surface area contributed by atoms with E-state index in [1.807, 2.05) is 31.2 Å². The number of halogens is 1. The number of hydrogen-bond donors (Lipinski definition) is 2. The number of aryl methyl sites for hydroxylation is 1. The maximum atomic E-state index is 5.46. The molecule has 18 heavy (non-hydrogen) atoms. The molecule has 0 unspecified atom stereocenters. The van der Waals surface area contributed by atoms with Gasteiger partial charge in [-0.05, 0) is 13.0 Å². The number of nitrogens with two attached hydrogens (primary N) is 1. The standard InChI is InChI=1S/C13H15BrN4/c1-9-12(16-7-6-15)8-17-13(18-9)10-4-2-3-5-11(10)14/h2-5,8,16H,6-7,15H2,1H3. The monoisotopic (exact) mass is 306 g/mol. The third-order valence-corrected chi connectivity index (χ3v) is 3.25. The fourth-order valence-electron chi connectivity index (χ4n) is 1.62. The lowest BCUT2D eigenvalue weighted by molar-refractivity contribution is 1.00. The summed E-state index contributed by atoms with van der Waals surface area (Å²) in [6.07, 6.45) is 1.80. The molecule has 0 radical (unpaired) electrons. The summed E-state index contributed by atoms with van der Waals surface area (Å²) in [4.78, 5) is 8.89. The van der Waals surface area contributed by atoms with Crippen molar-refractivity contribution in [3.63, 3.8) is 0 Å². The molecule has 94 valence electrons. The van der Waals surface area contributed by atoms with Crippen molar-refractivity contribution in [1.29, 1.82) is 0 Å². The molecule has 1 heterocycles. The SMILES string of the molecule is Cc1nc(-c2ccccc2Br)ncc1NCCN. The zero-order valence-corrected chi connectivity index (χ0v) is 11.7. The summed E-state index contributed by atoms with van der Waals surface area (Å²) < 4.78 is 0.993. The molecule has 1 aromatic carbocycles. The van der Waals surface area contributed by atoms with Crippen LogP contribution in [0.5, 0.6) is 0 Å². The van der Waals surface area contributed by atoms with Crippen molar-refractivity contribution in [1.82, 2.24) is 9.97 Å². The number of hydrogen-bond acceptors (Lipinski definition) is 4. The molecule has 0 saturated carbocycles. The minimum Gasteiger partial charge on any atom is -0.381 e. The van der Waals surface area contributed by atoms with Gasteiger partial charge in [0.15, 0.2) is 5.82 Å². The van der Waals surface area contributed by atoms with E-state index in [0.717, 1.165) is 33.8 Å². The Balaban J connectivity index is 2.32. The van der Waals surface area contributed by atoms with E-state index in [2.05, 4.69) is 31.2 Å². The highest BCUT2D eigenvalue weighted by molar-refractivity contribution is 9.10. The number of nitrogens with zero attached hydrogens (tertiary/aromatic N) is 2. The molecule has 0 amide bonds. The van der Waals surface area contributed by atoms with Crippen molar-refractivity contribution in [2.75, 3.05) is 18.4 Å². The van der Waals surface area contributed by atoms with Crippen molar-refractivity contribution in [2.24, 2.45) is 5.73 Å². The van der Waals surface area contributed by atoms with Gasteiger partial charge in [0.05, 0.1) is 17.6 Å². The molecule has 0 aliphatic rings. The van der Waals surface area contributed by atoms with Crippen LogP contribution in [0.25, 0.3) is 11.4 Å². The van der Waals surface area contributed by atoms with Gasteiger partial charge in [-0.25, -0.2) is 9.97 Å². The first-order chi connectivity index (χ1) is 8.72. The maximum Gasteiger partial charge on any atom is 0.160 e. The second kappa shape index (κ2) is 5.93. The second-order valence-electron chi connectivity index (χ2n) is 3.89. The highest BCUT2D eigenvalue weighted by Crippen LogP contribution is 2.26. The van der Waals surface area contributed by atoms with Gasteiger partial charge in [0.2, 0.25) is 0 Å². The summed E-state index contributed by atoms with van der Waals surface area (Å²) in [6, 6.07) is 7.91. The Bertz CT molecular complexity index is 542. The van der Waals surface area contributed by atoms with E-state index in [1.165, 1.54) is 0 Å². The Morgan fingerprint density at radius 3 is 2.78 bits per heavy atom.